The SMILES string of the molecule is CCOC(=O)CN1C(=S)N[C@H](c2ccccn2)[C@H]1c1cccn1-c1ccc(Cl)cn1. The van der Waals surface area contributed by atoms with Gasteiger partial charge in [-0.3, -0.25) is 9.78 Å². The van der Waals surface area contributed by atoms with Crippen LogP contribution in [0.4, 0.5) is 0 Å². The molecule has 1 saturated heterocycles. The van der Waals surface area contributed by atoms with Crippen molar-refractivity contribution >= 4 is 34.9 Å². The van der Waals surface area contributed by atoms with Crippen LogP contribution in [0.1, 0.15) is 30.4 Å². The van der Waals surface area contributed by atoms with Crippen LogP contribution in [0.5, 0.6) is 0 Å². The first-order chi connectivity index (χ1) is 14.6. The zero-order valence-electron chi connectivity index (χ0n) is 16.2. The van der Waals surface area contributed by atoms with Crippen molar-refractivity contribution < 1.29 is 9.53 Å². The molecule has 1 N–H and O–H groups in total. The summed E-state index contributed by atoms with van der Waals surface area (Å²) < 4.78 is 7.13. The van der Waals surface area contributed by atoms with Gasteiger partial charge >= 0.3 is 5.97 Å². The first-order valence-electron chi connectivity index (χ1n) is 9.51. The van der Waals surface area contributed by atoms with Crippen LogP contribution in [-0.2, 0) is 9.53 Å². The second-order valence-corrected chi connectivity index (χ2v) is 7.52. The maximum Gasteiger partial charge on any atom is 0.325 e. The Kier molecular flexibility index (Phi) is 5.96. The molecule has 3 aromatic heterocycles. The van der Waals surface area contributed by atoms with Crippen molar-refractivity contribution in [3.8, 4) is 5.82 Å². The second-order valence-electron chi connectivity index (χ2n) is 6.70. The van der Waals surface area contributed by atoms with Crippen molar-refractivity contribution in [2.45, 2.75) is 19.0 Å². The number of nitrogens with zero attached hydrogens (tertiary/aromatic N) is 4. The first-order valence-corrected chi connectivity index (χ1v) is 10.3. The van der Waals surface area contributed by atoms with Crippen LogP contribution in [0.2, 0.25) is 5.02 Å². The number of halogens is 1. The Bertz CT molecular complexity index is 1040. The quantitative estimate of drug-likeness (QED) is 0.464. The molecule has 0 spiro atoms. The van der Waals surface area contributed by atoms with Crippen molar-refractivity contribution in [2.24, 2.45) is 0 Å². The molecule has 4 heterocycles. The summed E-state index contributed by atoms with van der Waals surface area (Å²) in [5, 5.41) is 4.36. The van der Waals surface area contributed by atoms with Crippen LogP contribution in [0, 0.1) is 0 Å². The van der Waals surface area contributed by atoms with E-state index in [1.54, 1.807) is 25.4 Å². The predicted molar refractivity (Wildman–Crippen MR) is 117 cm³/mol. The molecule has 1 aliphatic rings. The maximum absolute atomic E-state index is 12.3. The minimum atomic E-state index is -0.337. The van der Waals surface area contributed by atoms with Gasteiger partial charge in [0.25, 0.3) is 0 Å². The highest BCUT2D eigenvalue weighted by molar-refractivity contribution is 7.80. The van der Waals surface area contributed by atoms with Crippen LogP contribution in [0.25, 0.3) is 5.82 Å². The van der Waals surface area contributed by atoms with Crippen molar-refractivity contribution in [3.05, 3.63) is 77.5 Å². The Balaban J connectivity index is 1.77. The summed E-state index contributed by atoms with van der Waals surface area (Å²) in [5.74, 6) is 0.379. The molecule has 0 unspecified atom stereocenters. The normalized spacial score (nSPS) is 18.3. The number of hydrogen-bond acceptors (Lipinski definition) is 5. The van der Waals surface area contributed by atoms with Gasteiger partial charge in [-0.25, -0.2) is 4.98 Å². The molecule has 154 valence electrons. The lowest BCUT2D eigenvalue weighted by atomic mass is 10.0. The van der Waals surface area contributed by atoms with Crippen molar-refractivity contribution in [2.75, 3.05) is 13.2 Å². The van der Waals surface area contributed by atoms with E-state index in [4.69, 9.17) is 28.6 Å². The molecule has 2 atom stereocenters. The smallest absolute Gasteiger partial charge is 0.325 e. The molecule has 30 heavy (non-hydrogen) atoms. The van der Waals surface area contributed by atoms with Crippen LogP contribution < -0.4 is 5.32 Å². The summed E-state index contributed by atoms with van der Waals surface area (Å²) >= 11 is 11.6. The predicted octanol–water partition coefficient (Wildman–Crippen LogP) is 3.46. The molecule has 0 saturated carbocycles. The number of nitrogens with one attached hydrogen (secondary N) is 1. The van der Waals surface area contributed by atoms with Gasteiger partial charge in [0.15, 0.2) is 5.11 Å². The van der Waals surface area contributed by atoms with E-state index < -0.39 is 0 Å². The average molecular weight is 442 g/mol. The number of hydrogen-bond donors (Lipinski definition) is 1. The Labute approximate surface area is 184 Å². The lowest BCUT2D eigenvalue weighted by molar-refractivity contribution is -0.143. The number of ether oxygens (including phenoxy) is 1. The highest BCUT2D eigenvalue weighted by Crippen LogP contribution is 2.39. The standard InChI is InChI=1S/C21H20ClN5O2S/c1-2-29-18(28)13-27-20(19(25-21(27)30)15-6-3-4-10-23-15)16-7-5-11-26(16)17-9-8-14(22)12-24-17/h3-12,19-20H,2,13H2,1H3,(H,25,30)/t19-,20-/m1/s1. The molecule has 9 heteroatoms. The van der Waals surface area contributed by atoms with Crippen molar-refractivity contribution in [1.82, 2.24) is 24.8 Å². The van der Waals surface area contributed by atoms with Gasteiger partial charge in [-0.2, -0.15) is 0 Å². The average Bonchev–Trinajstić information content (AvgIpc) is 3.34. The first kappa shape index (κ1) is 20.3. The highest BCUT2D eigenvalue weighted by Gasteiger charge is 2.42. The van der Waals surface area contributed by atoms with Gasteiger partial charge in [0.2, 0.25) is 0 Å². The summed E-state index contributed by atoms with van der Waals surface area (Å²) in [6.45, 7) is 2.13. The van der Waals surface area contributed by atoms with Crippen LogP contribution in [0.3, 0.4) is 0 Å². The molecule has 0 aromatic carbocycles. The van der Waals surface area contributed by atoms with Crippen LogP contribution in [0.15, 0.2) is 61.1 Å². The van der Waals surface area contributed by atoms with E-state index in [1.165, 1.54) is 0 Å². The molecule has 1 fully saturated rings. The molecule has 0 aliphatic carbocycles. The third kappa shape index (κ3) is 4.01. The number of carbonyl (C=O) groups excluding carboxylic acids is 1. The number of carbonyl (C=O) groups is 1. The number of rotatable bonds is 6. The van der Waals surface area contributed by atoms with E-state index in [0.29, 0.717) is 22.6 Å². The highest BCUT2D eigenvalue weighted by atomic mass is 35.5. The number of pyridine rings is 2. The van der Waals surface area contributed by atoms with Gasteiger partial charge in [-0.05, 0) is 55.5 Å². The van der Waals surface area contributed by atoms with Gasteiger partial charge in [-0.15, -0.1) is 0 Å². The Morgan fingerprint density at radius 1 is 1.23 bits per heavy atom. The number of thiocarbonyl (C=S) groups is 1. The van der Waals surface area contributed by atoms with E-state index in [0.717, 1.165) is 11.4 Å². The lowest BCUT2D eigenvalue weighted by Crippen LogP contribution is -2.36. The fourth-order valence-electron chi connectivity index (χ4n) is 3.60. The third-order valence-corrected chi connectivity index (χ3v) is 5.42. The molecule has 0 radical (unpaired) electrons. The van der Waals surface area contributed by atoms with E-state index in [-0.39, 0.29) is 24.6 Å². The molecule has 7 nitrogen and oxygen atoms in total. The van der Waals surface area contributed by atoms with Gasteiger partial charge in [0.05, 0.1) is 29.4 Å². The van der Waals surface area contributed by atoms with Gasteiger partial charge in [0, 0.05) is 24.3 Å². The van der Waals surface area contributed by atoms with Gasteiger partial charge in [-0.1, -0.05) is 17.7 Å². The van der Waals surface area contributed by atoms with Crippen LogP contribution >= 0.6 is 23.8 Å². The fourth-order valence-corrected chi connectivity index (χ4v) is 4.01. The minimum Gasteiger partial charge on any atom is -0.465 e. The summed E-state index contributed by atoms with van der Waals surface area (Å²) in [5.41, 5.74) is 1.74. The summed E-state index contributed by atoms with van der Waals surface area (Å²) in [4.78, 5) is 23.1. The Hall–Kier alpha value is -2.97. The summed E-state index contributed by atoms with van der Waals surface area (Å²) in [6.07, 6.45) is 5.26. The topological polar surface area (TPSA) is 72.3 Å². The zero-order chi connectivity index (χ0) is 21.1. The summed E-state index contributed by atoms with van der Waals surface area (Å²) in [7, 11) is 0. The zero-order valence-corrected chi connectivity index (χ0v) is 17.8. The third-order valence-electron chi connectivity index (χ3n) is 4.84. The Morgan fingerprint density at radius 3 is 2.80 bits per heavy atom. The van der Waals surface area contributed by atoms with Crippen molar-refractivity contribution in [1.29, 1.82) is 0 Å². The van der Waals surface area contributed by atoms with E-state index in [1.807, 2.05) is 52.1 Å². The van der Waals surface area contributed by atoms with E-state index in [9.17, 15) is 4.79 Å². The summed E-state index contributed by atoms with van der Waals surface area (Å²) in [6, 6.07) is 12.8. The molecule has 0 bridgehead atoms. The maximum atomic E-state index is 12.3. The molecule has 3 aromatic rings. The number of aromatic nitrogens is 3. The molecule has 0 amide bonds. The van der Waals surface area contributed by atoms with E-state index in [2.05, 4.69) is 15.3 Å². The molecular weight excluding hydrogens is 422 g/mol. The Morgan fingerprint density at radius 2 is 2.10 bits per heavy atom. The monoisotopic (exact) mass is 441 g/mol. The van der Waals surface area contributed by atoms with Crippen molar-refractivity contribution in [3.63, 3.8) is 0 Å². The minimum absolute atomic E-state index is 0.0346. The molecule has 4 rings (SSSR count). The van der Waals surface area contributed by atoms with Crippen LogP contribution in [-0.4, -0.2) is 43.7 Å². The fraction of sp³-hybridized carbons (Fsp3) is 0.238. The van der Waals surface area contributed by atoms with Gasteiger partial charge < -0.3 is 19.5 Å². The van der Waals surface area contributed by atoms with E-state index >= 15 is 0 Å². The van der Waals surface area contributed by atoms with Gasteiger partial charge in [0.1, 0.15) is 12.4 Å². The largest absolute Gasteiger partial charge is 0.465 e. The number of esters is 1. The molecule has 1 aliphatic heterocycles. The molecular formula is C21H20ClN5O2S. The lowest BCUT2D eigenvalue weighted by Gasteiger charge is -2.28. The second kappa shape index (κ2) is 8.81.